The molecule has 1 heterocycles. The third-order valence-corrected chi connectivity index (χ3v) is 4.49. The van der Waals surface area contributed by atoms with E-state index in [1.54, 1.807) is 0 Å². The molecule has 9 nitrogen and oxygen atoms in total. The van der Waals surface area contributed by atoms with Crippen LogP contribution in [0.15, 0.2) is 71.1 Å². The van der Waals surface area contributed by atoms with Gasteiger partial charge < -0.3 is 24.8 Å². The van der Waals surface area contributed by atoms with E-state index in [-0.39, 0.29) is 0 Å². The van der Waals surface area contributed by atoms with Gasteiger partial charge in [0.05, 0.1) is 12.4 Å². The topological polar surface area (TPSA) is 100 Å². The number of nitrogens with zero attached hydrogens (tertiary/aromatic N) is 6. The fraction of sp³-hybridized carbons (Fsp3) is 0.217. The first-order valence-electron chi connectivity index (χ1n) is 9.80. The van der Waals surface area contributed by atoms with Crippen molar-refractivity contribution in [1.82, 2.24) is 4.68 Å². The van der Waals surface area contributed by atoms with Crippen LogP contribution < -0.4 is 19.6 Å². The van der Waals surface area contributed by atoms with E-state index in [0.29, 0.717) is 0 Å². The van der Waals surface area contributed by atoms with Crippen LogP contribution in [0, 0.1) is 6.92 Å². The lowest BCUT2D eigenvalue weighted by Gasteiger charge is -2.11. The van der Waals surface area contributed by atoms with Crippen LogP contribution in [-0.2, 0) is 0 Å². The molecular formula is C23H28N6O3. The maximum atomic E-state index is 8.44. The number of hydrogen-bond acceptors (Lipinski definition) is 6. The van der Waals surface area contributed by atoms with Gasteiger partial charge in [-0.3, -0.25) is 0 Å². The Morgan fingerprint density at radius 3 is 1.81 bits per heavy atom. The highest BCUT2D eigenvalue weighted by Gasteiger charge is 2.10. The average Bonchev–Trinajstić information content (AvgIpc) is 3.10. The van der Waals surface area contributed by atoms with E-state index in [4.69, 9.17) is 15.0 Å². The normalized spacial score (nSPS) is 10.8. The van der Waals surface area contributed by atoms with Crippen molar-refractivity contribution in [1.29, 1.82) is 0 Å². The number of carbonyl (C=O) groups is 1. The molecule has 0 fully saturated rings. The van der Waals surface area contributed by atoms with Crippen molar-refractivity contribution in [3.63, 3.8) is 0 Å². The minimum absolute atomic E-state index is 0.919. The standard InChI is InChI=1S/C22H27N6.CH2O3/c1-18-27(23-16-19-6-10-21(11-7-19)25(2)3)14-15-28(18)24-17-20-8-12-22(13-9-20)26(4)5;2-1(3)4/h6-17H,1-5H3;(H2,2,3,4)/q+1;/p-1. The van der Waals surface area contributed by atoms with Gasteiger partial charge in [-0.2, -0.15) is 0 Å². The summed E-state index contributed by atoms with van der Waals surface area (Å²) in [4.78, 5) is 12.6. The molecule has 1 aromatic heterocycles. The number of imidazole rings is 1. The van der Waals surface area contributed by atoms with Gasteiger partial charge in [-0.15, -0.1) is 9.35 Å². The minimum atomic E-state index is -2.08. The zero-order chi connectivity index (χ0) is 23.7. The van der Waals surface area contributed by atoms with Crippen LogP contribution in [0.25, 0.3) is 0 Å². The number of carboxylic acid groups (broad SMARTS) is 2. The minimum Gasteiger partial charge on any atom is -0.565 e. The number of benzene rings is 2. The fourth-order valence-corrected chi connectivity index (χ4v) is 2.67. The zero-order valence-corrected chi connectivity index (χ0v) is 18.9. The molecule has 0 saturated heterocycles. The number of rotatable bonds is 6. The van der Waals surface area contributed by atoms with Crippen molar-refractivity contribution in [3.8, 4) is 0 Å². The largest absolute Gasteiger partial charge is 0.565 e. The lowest BCUT2D eigenvalue weighted by molar-refractivity contribution is -0.684. The monoisotopic (exact) mass is 436 g/mol. The summed E-state index contributed by atoms with van der Waals surface area (Å²) >= 11 is 0. The van der Waals surface area contributed by atoms with Crippen LogP contribution >= 0.6 is 0 Å². The molecule has 1 N–H and O–H groups in total. The van der Waals surface area contributed by atoms with Crippen molar-refractivity contribution in [2.75, 3.05) is 38.0 Å². The molecular weight excluding hydrogens is 408 g/mol. The molecule has 0 aliphatic carbocycles. The summed E-state index contributed by atoms with van der Waals surface area (Å²) in [5.74, 6) is 0.919. The Bertz CT molecular complexity index is 985. The first-order chi connectivity index (χ1) is 15.2. The summed E-state index contributed by atoms with van der Waals surface area (Å²) in [7, 11) is 8.12. The van der Waals surface area contributed by atoms with Crippen LogP contribution in [0.4, 0.5) is 16.2 Å². The summed E-state index contributed by atoms with van der Waals surface area (Å²) in [6, 6.07) is 16.5. The van der Waals surface area contributed by atoms with Crippen molar-refractivity contribution < 1.29 is 19.7 Å². The van der Waals surface area contributed by atoms with Crippen LogP contribution in [0.1, 0.15) is 17.0 Å². The molecule has 0 saturated carbocycles. The Balaban J connectivity index is 0.000000837. The molecule has 0 aliphatic heterocycles. The highest BCUT2D eigenvalue weighted by atomic mass is 16.6. The van der Waals surface area contributed by atoms with Crippen molar-refractivity contribution in [2.24, 2.45) is 10.2 Å². The molecule has 9 heteroatoms. The van der Waals surface area contributed by atoms with E-state index in [2.05, 4.69) is 68.5 Å². The summed E-state index contributed by atoms with van der Waals surface area (Å²) in [5.41, 5.74) is 4.43. The smallest absolute Gasteiger partial charge is 0.304 e. The Morgan fingerprint density at radius 2 is 1.38 bits per heavy atom. The second-order valence-electron chi connectivity index (χ2n) is 7.26. The van der Waals surface area contributed by atoms with Gasteiger partial charge in [-0.25, -0.2) is 0 Å². The summed E-state index contributed by atoms with van der Waals surface area (Å²) < 4.78 is 3.62. The average molecular weight is 437 g/mol. The van der Waals surface area contributed by atoms with Crippen LogP contribution in [0.2, 0.25) is 0 Å². The van der Waals surface area contributed by atoms with E-state index in [1.807, 2.05) is 69.3 Å². The first-order valence-corrected chi connectivity index (χ1v) is 9.80. The molecule has 3 aromatic rings. The van der Waals surface area contributed by atoms with Crippen molar-refractivity contribution in [2.45, 2.75) is 6.92 Å². The predicted octanol–water partition coefficient (Wildman–Crippen LogP) is 1.87. The number of aromatic nitrogens is 2. The van der Waals surface area contributed by atoms with E-state index in [1.165, 1.54) is 11.4 Å². The summed E-state index contributed by atoms with van der Waals surface area (Å²) in [6.07, 6.45) is 5.40. The number of anilines is 2. The molecule has 0 radical (unpaired) electrons. The predicted molar refractivity (Wildman–Crippen MR) is 125 cm³/mol. The van der Waals surface area contributed by atoms with Gasteiger partial charge in [0.25, 0.3) is 0 Å². The molecule has 0 spiro atoms. The Kier molecular flexibility index (Phi) is 8.53. The van der Waals surface area contributed by atoms with Gasteiger partial charge in [0.1, 0.15) is 0 Å². The lowest BCUT2D eigenvalue weighted by Crippen LogP contribution is -2.29. The lowest BCUT2D eigenvalue weighted by atomic mass is 10.2. The Labute approximate surface area is 187 Å². The second kappa shape index (κ2) is 11.3. The van der Waals surface area contributed by atoms with Gasteiger partial charge in [0, 0.05) is 46.5 Å². The maximum absolute atomic E-state index is 8.44. The zero-order valence-electron chi connectivity index (χ0n) is 18.9. The maximum Gasteiger partial charge on any atom is 0.304 e. The SMILES string of the molecule is Cc1n(N=Cc2ccc(N(C)C)cc2)cc[n+]1N=Cc1ccc(N(C)C)cc1.O=C([O-])O. The first kappa shape index (κ1) is 24.1. The molecule has 168 valence electrons. The fourth-order valence-electron chi connectivity index (χ4n) is 2.67. The van der Waals surface area contributed by atoms with E-state index >= 15 is 0 Å². The van der Waals surface area contributed by atoms with E-state index in [9.17, 15) is 0 Å². The van der Waals surface area contributed by atoms with Gasteiger partial charge >= 0.3 is 5.82 Å². The van der Waals surface area contributed by atoms with Gasteiger partial charge in [-0.1, -0.05) is 34.5 Å². The molecule has 0 unspecified atom stereocenters. The second-order valence-corrected chi connectivity index (χ2v) is 7.26. The molecule has 0 amide bonds. The third kappa shape index (κ3) is 7.28. The Morgan fingerprint density at radius 1 is 0.938 bits per heavy atom. The summed E-state index contributed by atoms with van der Waals surface area (Å²) in [6.45, 7) is 1.99. The third-order valence-electron chi connectivity index (χ3n) is 4.49. The highest BCUT2D eigenvalue weighted by molar-refractivity contribution is 5.80. The Hall–Kier alpha value is -4.14. The van der Waals surface area contributed by atoms with Crippen LogP contribution in [-0.4, -0.2) is 56.6 Å². The number of hydrogen-bond donors (Lipinski definition) is 1. The molecule has 0 aliphatic rings. The molecule has 3 rings (SSSR count). The van der Waals surface area contributed by atoms with Crippen LogP contribution in [0.3, 0.4) is 0 Å². The van der Waals surface area contributed by atoms with E-state index < -0.39 is 6.16 Å². The van der Waals surface area contributed by atoms with Gasteiger partial charge in [0.2, 0.25) is 6.16 Å². The summed E-state index contributed by atoms with van der Waals surface area (Å²) in [5, 5.41) is 24.4. The molecule has 0 atom stereocenters. The molecule has 2 aromatic carbocycles. The molecule has 32 heavy (non-hydrogen) atoms. The van der Waals surface area contributed by atoms with Crippen molar-refractivity contribution >= 4 is 30.0 Å². The van der Waals surface area contributed by atoms with E-state index in [0.717, 1.165) is 17.0 Å². The molecule has 0 bridgehead atoms. The van der Waals surface area contributed by atoms with Gasteiger partial charge in [0.15, 0.2) is 12.4 Å². The quantitative estimate of drug-likeness (QED) is 0.470. The van der Waals surface area contributed by atoms with Crippen molar-refractivity contribution in [3.05, 3.63) is 77.9 Å². The van der Waals surface area contributed by atoms with Gasteiger partial charge in [-0.05, 0) is 35.4 Å². The highest BCUT2D eigenvalue weighted by Crippen LogP contribution is 2.12. The van der Waals surface area contributed by atoms with Crippen LogP contribution in [0.5, 0.6) is 0 Å².